The summed E-state index contributed by atoms with van der Waals surface area (Å²) >= 11 is 0. The summed E-state index contributed by atoms with van der Waals surface area (Å²) in [6.07, 6.45) is 0. The lowest BCUT2D eigenvalue weighted by atomic mass is 10.1. The molecule has 0 bridgehead atoms. The highest BCUT2D eigenvalue weighted by atomic mass is 19.2. The Hall–Kier alpha value is -2.50. The number of nitrogens with one attached hydrogen (secondary N) is 1. The zero-order valence-electron chi connectivity index (χ0n) is 10.5. The molecular formula is C14H11F3N2O. The van der Waals surface area contributed by atoms with Gasteiger partial charge in [0.15, 0.2) is 17.5 Å². The van der Waals surface area contributed by atoms with E-state index < -0.39 is 23.4 Å². The summed E-state index contributed by atoms with van der Waals surface area (Å²) < 4.78 is 38.9. The first kappa shape index (κ1) is 13.9. The van der Waals surface area contributed by atoms with E-state index in [9.17, 15) is 18.0 Å². The molecule has 0 aliphatic rings. The van der Waals surface area contributed by atoms with Gasteiger partial charge in [0.1, 0.15) is 0 Å². The van der Waals surface area contributed by atoms with Gasteiger partial charge in [0.2, 0.25) is 0 Å². The summed E-state index contributed by atoms with van der Waals surface area (Å²) in [5.41, 5.74) is 6.74. The minimum Gasteiger partial charge on any atom is -0.398 e. The number of carbonyl (C=O) groups excluding carboxylic acids is 1. The summed E-state index contributed by atoms with van der Waals surface area (Å²) in [6, 6.07) is 6.15. The van der Waals surface area contributed by atoms with Crippen LogP contribution in [0, 0.1) is 24.4 Å². The number of hydrogen-bond acceptors (Lipinski definition) is 2. The highest BCUT2D eigenvalue weighted by molar-refractivity contribution is 6.06. The molecule has 6 heteroatoms. The van der Waals surface area contributed by atoms with Crippen LogP contribution in [0.1, 0.15) is 15.9 Å². The summed E-state index contributed by atoms with van der Waals surface area (Å²) in [6.45, 7) is 1.65. The molecule has 0 saturated carbocycles. The van der Waals surface area contributed by atoms with Crippen molar-refractivity contribution in [3.05, 3.63) is 58.9 Å². The minimum absolute atomic E-state index is 0.173. The van der Waals surface area contributed by atoms with Crippen LogP contribution < -0.4 is 11.1 Å². The standard InChI is InChI=1S/C14H11F3N2O/c1-7-9(3-2-4-12(7)18)14(20)19-8-5-10(15)13(17)11(16)6-8/h2-6H,18H2,1H3,(H,19,20). The van der Waals surface area contributed by atoms with E-state index in [1.807, 2.05) is 0 Å². The van der Waals surface area contributed by atoms with E-state index in [1.165, 1.54) is 6.07 Å². The first-order chi connectivity index (χ1) is 9.40. The molecule has 2 rings (SSSR count). The Morgan fingerprint density at radius 1 is 1.15 bits per heavy atom. The van der Waals surface area contributed by atoms with E-state index in [1.54, 1.807) is 19.1 Å². The smallest absolute Gasteiger partial charge is 0.256 e. The van der Waals surface area contributed by atoms with Crippen LogP contribution in [-0.2, 0) is 0 Å². The maximum absolute atomic E-state index is 13.1. The van der Waals surface area contributed by atoms with Gasteiger partial charge in [-0.15, -0.1) is 0 Å². The van der Waals surface area contributed by atoms with Crippen LogP contribution in [-0.4, -0.2) is 5.91 Å². The van der Waals surface area contributed by atoms with Crippen LogP contribution in [0.5, 0.6) is 0 Å². The number of amides is 1. The number of carbonyl (C=O) groups is 1. The third-order valence-electron chi connectivity index (χ3n) is 2.86. The van der Waals surface area contributed by atoms with Crippen molar-refractivity contribution >= 4 is 17.3 Å². The van der Waals surface area contributed by atoms with Gasteiger partial charge < -0.3 is 11.1 Å². The van der Waals surface area contributed by atoms with Crippen LogP contribution in [0.25, 0.3) is 0 Å². The predicted molar refractivity (Wildman–Crippen MR) is 69.9 cm³/mol. The lowest BCUT2D eigenvalue weighted by Gasteiger charge is -2.09. The van der Waals surface area contributed by atoms with Crippen molar-refractivity contribution in [3.8, 4) is 0 Å². The Bertz CT molecular complexity index is 663. The number of rotatable bonds is 2. The SMILES string of the molecule is Cc1c(N)cccc1C(=O)Nc1cc(F)c(F)c(F)c1. The van der Waals surface area contributed by atoms with Crippen molar-refractivity contribution in [1.29, 1.82) is 0 Å². The number of nitrogen functional groups attached to an aromatic ring is 1. The summed E-state index contributed by atoms with van der Waals surface area (Å²) in [5.74, 6) is -4.91. The van der Waals surface area contributed by atoms with Gasteiger partial charge in [0, 0.05) is 29.1 Å². The van der Waals surface area contributed by atoms with Crippen LogP contribution >= 0.6 is 0 Å². The van der Waals surface area contributed by atoms with E-state index in [4.69, 9.17) is 5.73 Å². The van der Waals surface area contributed by atoms with Crippen LogP contribution in [0.3, 0.4) is 0 Å². The Balaban J connectivity index is 2.30. The molecule has 0 atom stereocenters. The average molecular weight is 280 g/mol. The second-order valence-corrected chi connectivity index (χ2v) is 4.23. The van der Waals surface area contributed by atoms with E-state index in [2.05, 4.69) is 5.32 Å². The van der Waals surface area contributed by atoms with Crippen LogP contribution in [0.4, 0.5) is 24.5 Å². The minimum atomic E-state index is -1.58. The Kier molecular flexibility index (Phi) is 3.65. The Labute approximate surface area is 113 Å². The molecule has 0 aliphatic carbocycles. The molecule has 3 N–H and O–H groups in total. The van der Waals surface area contributed by atoms with Crippen molar-refractivity contribution in [2.75, 3.05) is 11.1 Å². The lowest BCUT2D eigenvalue weighted by Crippen LogP contribution is -2.14. The number of benzene rings is 2. The van der Waals surface area contributed by atoms with E-state index >= 15 is 0 Å². The van der Waals surface area contributed by atoms with Gasteiger partial charge in [0.05, 0.1) is 0 Å². The first-order valence-electron chi connectivity index (χ1n) is 5.71. The largest absolute Gasteiger partial charge is 0.398 e. The van der Waals surface area contributed by atoms with Gasteiger partial charge >= 0.3 is 0 Å². The van der Waals surface area contributed by atoms with Crippen molar-refractivity contribution in [3.63, 3.8) is 0 Å². The predicted octanol–water partition coefficient (Wildman–Crippen LogP) is 3.25. The van der Waals surface area contributed by atoms with Gasteiger partial charge in [-0.05, 0) is 24.6 Å². The molecule has 20 heavy (non-hydrogen) atoms. The number of halogens is 3. The highest BCUT2D eigenvalue weighted by Gasteiger charge is 2.14. The summed E-state index contributed by atoms with van der Waals surface area (Å²) in [5, 5.41) is 2.29. The molecule has 1 amide bonds. The van der Waals surface area contributed by atoms with Crippen molar-refractivity contribution in [2.24, 2.45) is 0 Å². The van der Waals surface area contributed by atoms with Crippen LogP contribution in [0.15, 0.2) is 30.3 Å². The lowest BCUT2D eigenvalue weighted by molar-refractivity contribution is 0.102. The fraction of sp³-hybridized carbons (Fsp3) is 0.0714. The second-order valence-electron chi connectivity index (χ2n) is 4.23. The van der Waals surface area contributed by atoms with Gasteiger partial charge in [0.25, 0.3) is 5.91 Å². The van der Waals surface area contributed by atoms with Gasteiger partial charge in [-0.2, -0.15) is 0 Å². The molecule has 0 heterocycles. The van der Waals surface area contributed by atoms with Crippen molar-refractivity contribution < 1.29 is 18.0 Å². The molecule has 104 valence electrons. The zero-order valence-corrected chi connectivity index (χ0v) is 10.5. The maximum atomic E-state index is 13.1. The molecule has 0 aromatic heterocycles. The molecule has 0 aliphatic heterocycles. The second kappa shape index (κ2) is 5.24. The van der Waals surface area contributed by atoms with Gasteiger partial charge in [-0.1, -0.05) is 6.07 Å². The molecule has 0 unspecified atom stereocenters. The highest BCUT2D eigenvalue weighted by Crippen LogP contribution is 2.20. The molecule has 2 aromatic rings. The van der Waals surface area contributed by atoms with E-state index in [-0.39, 0.29) is 11.3 Å². The molecule has 0 spiro atoms. The maximum Gasteiger partial charge on any atom is 0.256 e. The molecule has 0 radical (unpaired) electrons. The number of hydrogen-bond donors (Lipinski definition) is 2. The van der Waals surface area contributed by atoms with Gasteiger partial charge in [-0.3, -0.25) is 4.79 Å². The first-order valence-corrected chi connectivity index (χ1v) is 5.71. The zero-order chi connectivity index (χ0) is 14.9. The van der Waals surface area contributed by atoms with E-state index in [0.29, 0.717) is 23.4 Å². The summed E-state index contributed by atoms with van der Waals surface area (Å²) in [4.78, 5) is 12.0. The monoisotopic (exact) mass is 280 g/mol. The normalized spacial score (nSPS) is 10.4. The van der Waals surface area contributed by atoms with Crippen molar-refractivity contribution in [2.45, 2.75) is 6.92 Å². The fourth-order valence-corrected chi connectivity index (χ4v) is 1.73. The van der Waals surface area contributed by atoms with Gasteiger partial charge in [-0.25, -0.2) is 13.2 Å². The third kappa shape index (κ3) is 2.59. The number of anilines is 2. The average Bonchev–Trinajstić information content (AvgIpc) is 2.39. The number of nitrogens with two attached hydrogens (primary N) is 1. The molecule has 3 nitrogen and oxygen atoms in total. The Morgan fingerprint density at radius 2 is 1.75 bits per heavy atom. The summed E-state index contributed by atoms with van der Waals surface area (Å²) in [7, 11) is 0. The topological polar surface area (TPSA) is 55.1 Å². The third-order valence-corrected chi connectivity index (χ3v) is 2.86. The van der Waals surface area contributed by atoms with Crippen LogP contribution in [0.2, 0.25) is 0 Å². The molecule has 0 saturated heterocycles. The quantitative estimate of drug-likeness (QED) is 0.655. The fourth-order valence-electron chi connectivity index (χ4n) is 1.73. The van der Waals surface area contributed by atoms with Crippen molar-refractivity contribution in [1.82, 2.24) is 0 Å². The molecule has 2 aromatic carbocycles. The molecule has 0 fully saturated rings. The van der Waals surface area contributed by atoms with E-state index in [0.717, 1.165) is 0 Å². The Morgan fingerprint density at radius 3 is 2.35 bits per heavy atom. The molecular weight excluding hydrogens is 269 g/mol.